The normalized spacial score (nSPS) is 10.5. The molecule has 33 heavy (non-hydrogen) atoms. The number of carboxylic acid groups (broad SMARTS) is 1. The lowest BCUT2D eigenvalue weighted by atomic mass is 10.0. The number of hydrogen-bond donors (Lipinski definition) is 2. The predicted octanol–water partition coefficient (Wildman–Crippen LogP) is 5.73. The van der Waals surface area contributed by atoms with E-state index < -0.39 is 5.97 Å². The number of carbonyl (C=O) groups excluding carboxylic acids is 1. The maximum Gasteiger partial charge on any atom is 0.335 e. The largest absolute Gasteiger partial charge is 0.478 e. The molecule has 0 atom stereocenters. The van der Waals surface area contributed by atoms with Crippen LogP contribution in [0.2, 0.25) is 0 Å². The zero-order valence-corrected chi connectivity index (χ0v) is 18.0. The van der Waals surface area contributed by atoms with Gasteiger partial charge in [0.05, 0.1) is 12.0 Å². The van der Waals surface area contributed by atoms with Crippen molar-refractivity contribution in [1.82, 2.24) is 4.98 Å². The van der Waals surface area contributed by atoms with Crippen LogP contribution in [0.15, 0.2) is 91.1 Å². The van der Waals surface area contributed by atoms with Crippen LogP contribution in [-0.2, 0) is 11.2 Å². The minimum Gasteiger partial charge on any atom is -0.478 e. The van der Waals surface area contributed by atoms with E-state index in [0.717, 1.165) is 22.3 Å². The van der Waals surface area contributed by atoms with Gasteiger partial charge in [0.1, 0.15) is 11.4 Å². The summed E-state index contributed by atoms with van der Waals surface area (Å²) in [6, 6.07) is 25.2. The second kappa shape index (κ2) is 9.78. The molecule has 4 aromatic rings. The van der Waals surface area contributed by atoms with Gasteiger partial charge in [0.2, 0.25) is 11.8 Å². The number of aromatic carboxylic acids is 1. The van der Waals surface area contributed by atoms with Gasteiger partial charge in [0.25, 0.3) is 0 Å². The number of aromatic nitrogens is 1. The Morgan fingerprint density at radius 3 is 2.27 bits per heavy atom. The predicted molar refractivity (Wildman–Crippen MR) is 127 cm³/mol. The second-order valence-corrected chi connectivity index (χ2v) is 7.58. The van der Waals surface area contributed by atoms with E-state index in [9.17, 15) is 9.59 Å². The number of anilines is 1. The first-order valence-electron chi connectivity index (χ1n) is 10.4. The third-order valence-electron chi connectivity index (χ3n) is 5.03. The Kier molecular flexibility index (Phi) is 6.45. The van der Waals surface area contributed by atoms with Crippen LogP contribution in [0.25, 0.3) is 11.1 Å². The smallest absolute Gasteiger partial charge is 0.335 e. The molecule has 1 heterocycles. The standard InChI is InChI=1S/C27H22N2O4/c1-18-7-9-19(10-8-18)15-25(30)29-24-16-22(20-11-13-21(14-12-20)27(31)32)17-28-26(24)33-23-5-3-2-4-6-23/h2-14,16-17H,15H2,1H3,(H,29,30)(H,31,32). The topological polar surface area (TPSA) is 88.5 Å². The molecule has 0 fully saturated rings. The SMILES string of the molecule is Cc1ccc(CC(=O)Nc2cc(-c3ccc(C(=O)O)cc3)cnc2Oc2ccccc2)cc1. The summed E-state index contributed by atoms with van der Waals surface area (Å²) in [5.74, 6) is -0.325. The summed E-state index contributed by atoms with van der Waals surface area (Å²) in [4.78, 5) is 28.3. The molecular formula is C27H22N2O4. The van der Waals surface area contributed by atoms with Gasteiger partial charge in [0.15, 0.2) is 0 Å². The number of rotatable bonds is 7. The van der Waals surface area contributed by atoms with Crippen LogP contribution in [0.5, 0.6) is 11.6 Å². The highest BCUT2D eigenvalue weighted by Gasteiger charge is 2.14. The number of carboxylic acids is 1. The molecular weight excluding hydrogens is 416 g/mol. The Morgan fingerprint density at radius 1 is 0.909 bits per heavy atom. The molecule has 0 radical (unpaired) electrons. The molecule has 0 saturated heterocycles. The van der Waals surface area contributed by atoms with E-state index in [1.165, 1.54) is 12.1 Å². The van der Waals surface area contributed by atoms with Crippen molar-refractivity contribution in [2.45, 2.75) is 13.3 Å². The van der Waals surface area contributed by atoms with E-state index in [4.69, 9.17) is 9.84 Å². The van der Waals surface area contributed by atoms with Gasteiger partial charge in [-0.2, -0.15) is 0 Å². The van der Waals surface area contributed by atoms with Crippen molar-refractivity contribution in [3.05, 3.63) is 108 Å². The third-order valence-corrected chi connectivity index (χ3v) is 5.03. The molecule has 1 aromatic heterocycles. The van der Waals surface area contributed by atoms with E-state index in [0.29, 0.717) is 11.4 Å². The molecule has 6 heteroatoms. The van der Waals surface area contributed by atoms with Crippen LogP contribution >= 0.6 is 0 Å². The maximum absolute atomic E-state index is 12.8. The Balaban J connectivity index is 1.62. The number of ether oxygens (including phenoxy) is 1. The van der Waals surface area contributed by atoms with Crippen LogP contribution in [0.3, 0.4) is 0 Å². The summed E-state index contributed by atoms with van der Waals surface area (Å²) in [6.07, 6.45) is 1.84. The number of benzene rings is 3. The number of hydrogen-bond acceptors (Lipinski definition) is 4. The molecule has 0 aliphatic rings. The molecule has 0 bridgehead atoms. The lowest BCUT2D eigenvalue weighted by Crippen LogP contribution is -2.15. The lowest BCUT2D eigenvalue weighted by molar-refractivity contribution is -0.115. The van der Waals surface area contributed by atoms with Gasteiger partial charge in [-0.3, -0.25) is 4.79 Å². The number of carbonyl (C=O) groups is 2. The van der Waals surface area contributed by atoms with Crippen molar-refractivity contribution in [2.24, 2.45) is 0 Å². The molecule has 1 amide bonds. The average Bonchev–Trinajstić information content (AvgIpc) is 2.82. The summed E-state index contributed by atoms with van der Waals surface area (Å²) >= 11 is 0. The van der Waals surface area contributed by atoms with Gasteiger partial charge in [0, 0.05) is 11.8 Å². The van der Waals surface area contributed by atoms with Crippen molar-refractivity contribution in [3.63, 3.8) is 0 Å². The fourth-order valence-electron chi connectivity index (χ4n) is 3.27. The summed E-state index contributed by atoms with van der Waals surface area (Å²) < 4.78 is 5.91. The first kappa shape index (κ1) is 21.8. The van der Waals surface area contributed by atoms with Gasteiger partial charge in [-0.05, 0) is 48.4 Å². The zero-order chi connectivity index (χ0) is 23.2. The van der Waals surface area contributed by atoms with Crippen molar-refractivity contribution in [2.75, 3.05) is 5.32 Å². The van der Waals surface area contributed by atoms with Crippen LogP contribution in [-0.4, -0.2) is 22.0 Å². The number of amides is 1. The summed E-state index contributed by atoms with van der Waals surface area (Å²) in [6.45, 7) is 2.00. The van der Waals surface area contributed by atoms with Crippen LogP contribution in [0.4, 0.5) is 5.69 Å². The van der Waals surface area contributed by atoms with Gasteiger partial charge in [-0.1, -0.05) is 60.2 Å². The fourth-order valence-corrected chi connectivity index (χ4v) is 3.27. The highest BCUT2D eigenvalue weighted by Crippen LogP contribution is 2.32. The molecule has 0 saturated carbocycles. The zero-order valence-electron chi connectivity index (χ0n) is 18.0. The molecule has 0 aliphatic carbocycles. The third kappa shape index (κ3) is 5.62. The minimum absolute atomic E-state index is 0.197. The van der Waals surface area contributed by atoms with E-state index in [1.54, 1.807) is 36.5 Å². The summed E-state index contributed by atoms with van der Waals surface area (Å²) in [5, 5.41) is 12.0. The Hall–Kier alpha value is -4.45. The number of para-hydroxylation sites is 1. The van der Waals surface area contributed by atoms with Gasteiger partial charge < -0.3 is 15.2 Å². The average molecular weight is 438 g/mol. The monoisotopic (exact) mass is 438 g/mol. The van der Waals surface area contributed by atoms with E-state index in [1.807, 2.05) is 49.4 Å². The van der Waals surface area contributed by atoms with Crippen LogP contribution in [0.1, 0.15) is 21.5 Å². The molecule has 2 N–H and O–H groups in total. The van der Waals surface area contributed by atoms with Crippen LogP contribution < -0.4 is 10.1 Å². The number of nitrogens with zero attached hydrogens (tertiary/aromatic N) is 1. The molecule has 4 rings (SSSR count). The molecule has 0 unspecified atom stereocenters. The number of pyridine rings is 1. The Morgan fingerprint density at radius 2 is 1.61 bits per heavy atom. The van der Waals surface area contributed by atoms with Crippen molar-refractivity contribution in [1.29, 1.82) is 0 Å². The molecule has 3 aromatic carbocycles. The Labute approximate surface area is 191 Å². The second-order valence-electron chi connectivity index (χ2n) is 7.58. The number of nitrogens with one attached hydrogen (secondary N) is 1. The molecule has 0 aliphatic heterocycles. The summed E-state index contributed by atoms with van der Waals surface area (Å²) in [5.41, 5.74) is 4.14. The first-order valence-corrected chi connectivity index (χ1v) is 10.4. The summed E-state index contributed by atoms with van der Waals surface area (Å²) in [7, 11) is 0. The van der Waals surface area contributed by atoms with Crippen molar-refractivity contribution >= 4 is 17.6 Å². The highest BCUT2D eigenvalue weighted by molar-refractivity contribution is 5.94. The Bertz CT molecular complexity index is 1270. The van der Waals surface area contributed by atoms with E-state index in [-0.39, 0.29) is 23.8 Å². The van der Waals surface area contributed by atoms with Crippen LogP contribution in [0, 0.1) is 6.92 Å². The molecule has 6 nitrogen and oxygen atoms in total. The first-order chi connectivity index (χ1) is 16.0. The fraction of sp³-hybridized carbons (Fsp3) is 0.0741. The minimum atomic E-state index is -0.990. The van der Waals surface area contributed by atoms with Crippen molar-refractivity contribution < 1.29 is 19.4 Å². The number of aryl methyl sites for hydroxylation is 1. The molecule has 164 valence electrons. The van der Waals surface area contributed by atoms with Gasteiger partial charge >= 0.3 is 5.97 Å². The van der Waals surface area contributed by atoms with Crippen molar-refractivity contribution in [3.8, 4) is 22.8 Å². The van der Waals surface area contributed by atoms with Gasteiger partial charge in [-0.15, -0.1) is 0 Å². The van der Waals surface area contributed by atoms with E-state index in [2.05, 4.69) is 10.3 Å². The van der Waals surface area contributed by atoms with Gasteiger partial charge in [-0.25, -0.2) is 9.78 Å². The van der Waals surface area contributed by atoms with E-state index >= 15 is 0 Å². The quantitative estimate of drug-likeness (QED) is 0.385. The maximum atomic E-state index is 12.8. The highest BCUT2D eigenvalue weighted by atomic mass is 16.5. The molecule has 0 spiro atoms. The lowest BCUT2D eigenvalue weighted by Gasteiger charge is -2.13.